The van der Waals surface area contributed by atoms with E-state index in [1.165, 1.54) is 0 Å². The van der Waals surface area contributed by atoms with E-state index in [1.54, 1.807) is 14.0 Å². The fourth-order valence-corrected chi connectivity index (χ4v) is 3.88. The van der Waals surface area contributed by atoms with Gasteiger partial charge in [0.25, 0.3) is 0 Å². The van der Waals surface area contributed by atoms with Gasteiger partial charge in [-0.1, -0.05) is 0 Å². The van der Waals surface area contributed by atoms with Crippen LogP contribution in [0.2, 0.25) is 0 Å². The molecule has 0 atom stereocenters. The van der Waals surface area contributed by atoms with Crippen LogP contribution >= 0.6 is 15.9 Å². The van der Waals surface area contributed by atoms with Crippen molar-refractivity contribution in [2.75, 3.05) is 14.2 Å². The van der Waals surface area contributed by atoms with Gasteiger partial charge in [-0.2, -0.15) is 5.10 Å². The number of benzene rings is 1. The van der Waals surface area contributed by atoms with Crippen molar-refractivity contribution >= 4 is 32.7 Å². The molecule has 0 unspecified atom stereocenters. The smallest absolute Gasteiger partial charge is 0.219 e. The first kappa shape index (κ1) is 16.3. The maximum atomic E-state index is 11.5. The Balaban J connectivity index is 1.76. The van der Waals surface area contributed by atoms with Gasteiger partial charge in [0, 0.05) is 37.7 Å². The number of hydrogen-bond acceptors (Lipinski definition) is 3. The van der Waals surface area contributed by atoms with Crippen LogP contribution in [0, 0.1) is 0 Å². The average molecular weight is 380 g/mol. The number of amides is 1. The number of rotatable bonds is 3. The van der Waals surface area contributed by atoms with Crippen molar-refractivity contribution in [3.8, 4) is 5.75 Å². The Labute approximate surface area is 144 Å². The molecule has 0 N–H and O–H groups in total. The van der Waals surface area contributed by atoms with E-state index in [0.29, 0.717) is 12.1 Å². The molecule has 0 saturated heterocycles. The molecule has 1 aliphatic rings. The Bertz CT molecular complexity index is 720. The summed E-state index contributed by atoms with van der Waals surface area (Å²) >= 11 is 3.52. The molecule has 5 nitrogen and oxygen atoms in total. The van der Waals surface area contributed by atoms with Crippen LogP contribution in [0.5, 0.6) is 5.75 Å². The number of methoxy groups -OCH3 is 1. The summed E-state index contributed by atoms with van der Waals surface area (Å²) in [7, 11) is 3.56. The Morgan fingerprint density at radius 2 is 2.04 bits per heavy atom. The van der Waals surface area contributed by atoms with Crippen LogP contribution in [-0.2, 0) is 4.79 Å². The van der Waals surface area contributed by atoms with Crippen LogP contribution in [-0.4, -0.2) is 40.8 Å². The number of ether oxygens (including phenoxy) is 1. The Morgan fingerprint density at radius 3 is 2.65 bits per heavy atom. The highest BCUT2D eigenvalue weighted by Crippen LogP contribution is 2.34. The minimum absolute atomic E-state index is 0.148. The minimum Gasteiger partial charge on any atom is -0.495 e. The molecule has 0 bridgehead atoms. The summed E-state index contributed by atoms with van der Waals surface area (Å²) in [6, 6.07) is 4.78. The predicted octanol–water partition coefficient (Wildman–Crippen LogP) is 3.77. The topological polar surface area (TPSA) is 47.4 Å². The van der Waals surface area contributed by atoms with Crippen molar-refractivity contribution < 1.29 is 9.53 Å². The van der Waals surface area contributed by atoms with Crippen molar-refractivity contribution in [2.45, 2.75) is 44.7 Å². The summed E-state index contributed by atoms with van der Waals surface area (Å²) in [5.74, 6) is 0.949. The summed E-state index contributed by atoms with van der Waals surface area (Å²) in [6.07, 6.45) is 6.27. The van der Waals surface area contributed by atoms with E-state index < -0.39 is 0 Å². The van der Waals surface area contributed by atoms with Gasteiger partial charge in [-0.25, -0.2) is 0 Å². The largest absolute Gasteiger partial charge is 0.495 e. The van der Waals surface area contributed by atoms with E-state index in [2.05, 4.69) is 26.8 Å². The molecule has 6 heteroatoms. The minimum atomic E-state index is 0.148. The zero-order valence-electron chi connectivity index (χ0n) is 13.8. The maximum absolute atomic E-state index is 11.5. The molecule has 1 aromatic heterocycles. The molecule has 1 fully saturated rings. The van der Waals surface area contributed by atoms with Crippen molar-refractivity contribution in [1.82, 2.24) is 14.7 Å². The number of halogens is 1. The zero-order valence-corrected chi connectivity index (χ0v) is 15.3. The Hall–Kier alpha value is -1.56. The lowest BCUT2D eigenvalue weighted by Gasteiger charge is -2.34. The number of carbonyl (C=O) groups is 1. The quantitative estimate of drug-likeness (QED) is 0.815. The number of aromatic nitrogens is 2. The fraction of sp³-hybridized carbons (Fsp3) is 0.529. The molecule has 0 radical (unpaired) electrons. The molecule has 1 aromatic carbocycles. The van der Waals surface area contributed by atoms with Gasteiger partial charge < -0.3 is 9.64 Å². The standard InChI is InChI=1S/C17H22BrN3O2/c1-11(22)20(2)13-4-6-14(7-5-13)21-10-12-8-15(18)17(23-3)9-16(12)19-21/h8-10,13-14H,4-7H2,1-3H3. The second-order valence-corrected chi connectivity index (χ2v) is 7.10. The van der Waals surface area contributed by atoms with Gasteiger partial charge in [-0.3, -0.25) is 9.48 Å². The van der Waals surface area contributed by atoms with Gasteiger partial charge in [0.1, 0.15) is 5.75 Å². The predicted molar refractivity (Wildman–Crippen MR) is 93.7 cm³/mol. The molecule has 0 aliphatic heterocycles. The van der Waals surface area contributed by atoms with Gasteiger partial charge in [0.15, 0.2) is 0 Å². The van der Waals surface area contributed by atoms with Crippen molar-refractivity contribution in [1.29, 1.82) is 0 Å². The summed E-state index contributed by atoms with van der Waals surface area (Å²) in [5, 5.41) is 5.84. The molecule has 124 valence electrons. The van der Waals surface area contributed by atoms with E-state index in [9.17, 15) is 4.79 Å². The van der Waals surface area contributed by atoms with Crippen molar-refractivity contribution in [2.24, 2.45) is 0 Å². The van der Waals surface area contributed by atoms with E-state index >= 15 is 0 Å². The first-order chi connectivity index (χ1) is 11.0. The van der Waals surface area contributed by atoms with Crippen LogP contribution in [0.1, 0.15) is 38.6 Å². The number of hydrogen-bond donors (Lipinski definition) is 0. The monoisotopic (exact) mass is 379 g/mol. The van der Waals surface area contributed by atoms with Gasteiger partial charge >= 0.3 is 0 Å². The van der Waals surface area contributed by atoms with Crippen LogP contribution in [0.15, 0.2) is 22.8 Å². The third kappa shape index (κ3) is 3.22. The first-order valence-corrected chi connectivity index (χ1v) is 8.74. The van der Waals surface area contributed by atoms with Crippen molar-refractivity contribution in [3.63, 3.8) is 0 Å². The highest BCUT2D eigenvalue weighted by atomic mass is 79.9. The molecular formula is C17H22BrN3O2. The van der Waals surface area contributed by atoms with Gasteiger partial charge in [0.05, 0.1) is 23.1 Å². The maximum Gasteiger partial charge on any atom is 0.219 e. The lowest BCUT2D eigenvalue weighted by Crippen LogP contribution is -2.38. The second-order valence-electron chi connectivity index (χ2n) is 6.25. The van der Waals surface area contributed by atoms with Crippen LogP contribution in [0.3, 0.4) is 0 Å². The lowest BCUT2D eigenvalue weighted by atomic mass is 9.90. The van der Waals surface area contributed by atoms with Crippen LogP contribution in [0.4, 0.5) is 0 Å². The summed E-state index contributed by atoms with van der Waals surface area (Å²) in [6.45, 7) is 1.64. The van der Waals surface area contributed by atoms with E-state index in [1.807, 2.05) is 24.1 Å². The average Bonchev–Trinajstić information content (AvgIpc) is 2.96. The molecule has 1 saturated carbocycles. The van der Waals surface area contributed by atoms with Crippen molar-refractivity contribution in [3.05, 3.63) is 22.8 Å². The van der Waals surface area contributed by atoms with Gasteiger partial charge in [-0.05, 0) is 47.7 Å². The molecule has 1 heterocycles. The number of carbonyl (C=O) groups excluding carboxylic acids is 1. The molecule has 0 spiro atoms. The number of nitrogens with zero attached hydrogens (tertiary/aromatic N) is 3. The fourth-order valence-electron chi connectivity index (χ4n) is 3.35. The molecule has 1 aliphatic carbocycles. The van der Waals surface area contributed by atoms with E-state index in [0.717, 1.165) is 46.8 Å². The molecule has 1 amide bonds. The van der Waals surface area contributed by atoms with E-state index in [4.69, 9.17) is 9.84 Å². The Kier molecular flexibility index (Phi) is 4.62. The highest BCUT2D eigenvalue weighted by molar-refractivity contribution is 9.10. The normalized spacial score (nSPS) is 21.4. The Morgan fingerprint density at radius 1 is 1.35 bits per heavy atom. The SMILES string of the molecule is COc1cc2nn(C3CCC(N(C)C(C)=O)CC3)cc2cc1Br. The first-order valence-electron chi connectivity index (χ1n) is 7.95. The number of fused-ring (bicyclic) bond motifs is 1. The van der Waals surface area contributed by atoms with E-state index in [-0.39, 0.29) is 5.91 Å². The molecular weight excluding hydrogens is 358 g/mol. The summed E-state index contributed by atoms with van der Waals surface area (Å²) in [5.41, 5.74) is 0.952. The molecule has 2 aromatic rings. The van der Waals surface area contributed by atoms with Gasteiger partial charge in [0.2, 0.25) is 5.91 Å². The van der Waals surface area contributed by atoms with Crippen LogP contribution < -0.4 is 4.74 Å². The molecule has 3 rings (SSSR count). The van der Waals surface area contributed by atoms with Gasteiger partial charge in [-0.15, -0.1) is 0 Å². The highest BCUT2D eigenvalue weighted by Gasteiger charge is 2.26. The zero-order chi connectivity index (χ0) is 16.6. The third-order valence-electron chi connectivity index (χ3n) is 4.88. The lowest BCUT2D eigenvalue weighted by molar-refractivity contribution is -0.130. The third-order valence-corrected chi connectivity index (χ3v) is 5.50. The summed E-state index contributed by atoms with van der Waals surface area (Å²) < 4.78 is 8.36. The second kappa shape index (κ2) is 6.51. The van der Waals surface area contributed by atoms with Crippen LogP contribution in [0.25, 0.3) is 10.9 Å². The molecule has 23 heavy (non-hydrogen) atoms. The summed E-state index contributed by atoms with van der Waals surface area (Å²) in [4.78, 5) is 13.4.